The molecular weight excluding hydrogens is 212 g/mol. The number of nitriles is 1. The SMILES string of the molecule is Cc1c(C#N)nnn1-c1cccc(Cl)c1. The Balaban J connectivity index is 2.56. The lowest BCUT2D eigenvalue weighted by molar-refractivity contribution is 0.785. The standard InChI is InChI=1S/C10H7ClN4/c1-7-10(6-12)13-14-15(7)9-4-2-3-8(11)5-9/h2-5H,1H3. The molecule has 0 aliphatic rings. The first-order valence-corrected chi connectivity index (χ1v) is 4.68. The van der Waals surface area contributed by atoms with E-state index in [2.05, 4.69) is 10.3 Å². The Bertz CT molecular complexity index is 539. The van der Waals surface area contributed by atoms with Crippen molar-refractivity contribution in [1.29, 1.82) is 5.26 Å². The molecule has 0 radical (unpaired) electrons. The quantitative estimate of drug-likeness (QED) is 0.737. The van der Waals surface area contributed by atoms with Crippen LogP contribution in [-0.2, 0) is 0 Å². The van der Waals surface area contributed by atoms with E-state index in [1.165, 1.54) is 0 Å². The molecule has 2 rings (SSSR count). The lowest BCUT2D eigenvalue weighted by Crippen LogP contribution is -1.98. The second kappa shape index (κ2) is 3.71. The summed E-state index contributed by atoms with van der Waals surface area (Å²) in [5, 5.41) is 17.0. The van der Waals surface area contributed by atoms with E-state index in [0.29, 0.717) is 16.4 Å². The van der Waals surface area contributed by atoms with Gasteiger partial charge in [0.2, 0.25) is 0 Å². The first kappa shape index (κ1) is 9.69. The molecule has 0 aliphatic carbocycles. The minimum absolute atomic E-state index is 0.329. The van der Waals surface area contributed by atoms with Crippen LogP contribution in [0, 0.1) is 18.3 Å². The molecule has 2 aromatic rings. The van der Waals surface area contributed by atoms with Gasteiger partial charge in [0.15, 0.2) is 5.69 Å². The topological polar surface area (TPSA) is 54.5 Å². The summed E-state index contributed by atoms with van der Waals surface area (Å²) in [5.74, 6) is 0. The lowest BCUT2D eigenvalue weighted by Gasteiger charge is -2.02. The van der Waals surface area contributed by atoms with E-state index in [1.807, 2.05) is 18.2 Å². The molecule has 0 bridgehead atoms. The average Bonchev–Trinajstić information content (AvgIpc) is 2.59. The van der Waals surface area contributed by atoms with Crippen LogP contribution in [0.3, 0.4) is 0 Å². The van der Waals surface area contributed by atoms with Crippen LogP contribution >= 0.6 is 11.6 Å². The predicted molar refractivity (Wildman–Crippen MR) is 55.8 cm³/mol. The highest BCUT2D eigenvalue weighted by Crippen LogP contribution is 2.16. The van der Waals surface area contributed by atoms with Gasteiger partial charge in [-0.25, -0.2) is 4.68 Å². The molecule has 5 heteroatoms. The van der Waals surface area contributed by atoms with Crippen molar-refractivity contribution in [3.05, 3.63) is 40.7 Å². The van der Waals surface area contributed by atoms with Crippen LogP contribution in [0.5, 0.6) is 0 Å². The Hall–Kier alpha value is -1.86. The minimum Gasteiger partial charge on any atom is -0.216 e. The van der Waals surface area contributed by atoms with Crippen LogP contribution in [0.15, 0.2) is 24.3 Å². The van der Waals surface area contributed by atoms with Gasteiger partial charge >= 0.3 is 0 Å². The van der Waals surface area contributed by atoms with Gasteiger partial charge in [0.1, 0.15) is 6.07 Å². The van der Waals surface area contributed by atoms with E-state index in [4.69, 9.17) is 16.9 Å². The summed E-state index contributed by atoms with van der Waals surface area (Å²) in [5.41, 5.74) is 1.84. The van der Waals surface area contributed by atoms with Gasteiger partial charge in [-0.1, -0.05) is 22.9 Å². The summed E-state index contributed by atoms with van der Waals surface area (Å²) in [7, 11) is 0. The van der Waals surface area contributed by atoms with Gasteiger partial charge in [0.25, 0.3) is 0 Å². The van der Waals surface area contributed by atoms with E-state index < -0.39 is 0 Å². The van der Waals surface area contributed by atoms with Crippen molar-refractivity contribution in [2.45, 2.75) is 6.92 Å². The predicted octanol–water partition coefficient (Wildman–Crippen LogP) is 2.10. The zero-order chi connectivity index (χ0) is 10.8. The normalized spacial score (nSPS) is 9.93. The van der Waals surface area contributed by atoms with Crippen LogP contribution in [0.2, 0.25) is 5.02 Å². The highest BCUT2D eigenvalue weighted by atomic mass is 35.5. The number of hydrogen-bond acceptors (Lipinski definition) is 3. The zero-order valence-electron chi connectivity index (χ0n) is 7.98. The van der Waals surface area contributed by atoms with Crippen molar-refractivity contribution in [2.24, 2.45) is 0 Å². The van der Waals surface area contributed by atoms with Gasteiger partial charge in [-0.15, -0.1) is 5.10 Å². The largest absolute Gasteiger partial charge is 0.216 e. The number of hydrogen-bond donors (Lipinski definition) is 0. The van der Waals surface area contributed by atoms with Gasteiger partial charge in [-0.2, -0.15) is 5.26 Å². The van der Waals surface area contributed by atoms with E-state index in [0.717, 1.165) is 5.69 Å². The number of halogens is 1. The molecule has 0 atom stereocenters. The molecule has 0 aliphatic heterocycles. The third-order valence-electron chi connectivity index (χ3n) is 2.05. The van der Waals surface area contributed by atoms with E-state index in [1.54, 1.807) is 23.7 Å². The number of rotatable bonds is 1. The van der Waals surface area contributed by atoms with Crippen molar-refractivity contribution >= 4 is 11.6 Å². The molecule has 74 valence electrons. The fourth-order valence-corrected chi connectivity index (χ4v) is 1.47. The molecule has 15 heavy (non-hydrogen) atoms. The Labute approximate surface area is 91.7 Å². The van der Waals surface area contributed by atoms with Gasteiger partial charge < -0.3 is 0 Å². The van der Waals surface area contributed by atoms with E-state index in [-0.39, 0.29) is 0 Å². The van der Waals surface area contributed by atoms with Gasteiger partial charge in [-0.05, 0) is 25.1 Å². The molecule has 1 aromatic heterocycles. The summed E-state index contributed by atoms with van der Waals surface area (Å²) in [6.07, 6.45) is 0. The third-order valence-corrected chi connectivity index (χ3v) is 2.29. The average molecular weight is 219 g/mol. The highest BCUT2D eigenvalue weighted by Gasteiger charge is 2.08. The molecule has 0 saturated carbocycles. The Kier molecular flexibility index (Phi) is 2.40. The molecule has 0 N–H and O–H groups in total. The molecule has 4 nitrogen and oxygen atoms in total. The number of aromatic nitrogens is 3. The Morgan fingerprint density at radius 3 is 2.87 bits per heavy atom. The maximum Gasteiger partial charge on any atom is 0.186 e. The van der Waals surface area contributed by atoms with Crippen LogP contribution in [-0.4, -0.2) is 15.0 Å². The smallest absolute Gasteiger partial charge is 0.186 e. The van der Waals surface area contributed by atoms with Gasteiger partial charge in [0.05, 0.1) is 11.4 Å². The Morgan fingerprint density at radius 2 is 2.27 bits per heavy atom. The molecule has 0 unspecified atom stereocenters. The summed E-state index contributed by atoms with van der Waals surface area (Å²) in [4.78, 5) is 0. The molecule has 0 fully saturated rings. The van der Waals surface area contributed by atoms with Crippen molar-refractivity contribution in [3.63, 3.8) is 0 Å². The molecule has 0 spiro atoms. The van der Waals surface area contributed by atoms with Gasteiger partial charge in [-0.3, -0.25) is 0 Å². The van der Waals surface area contributed by atoms with Crippen LogP contribution in [0.4, 0.5) is 0 Å². The van der Waals surface area contributed by atoms with E-state index >= 15 is 0 Å². The molecule has 0 amide bonds. The third kappa shape index (κ3) is 1.69. The first-order chi connectivity index (χ1) is 7.22. The second-order valence-electron chi connectivity index (χ2n) is 3.03. The van der Waals surface area contributed by atoms with Crippen molar-refractivity contribution in [1.82, 2.24) is 15.0 Å². The minimum atomic E-state index is 0.329. The van der Waals surface area contributed by atoms with Crippen molar-refractivity contribution < 1.29 is 0 Å². The summed E-state index contributed by atoms with van der Waals surface area (Å²) >= 11 is 5.86. The maximum absolute atomic E-state index is 8.74. The monoisotopic (exact) mass is 218 g/mol. The fourth-order valence-electron chi connectivity index (χ4n) is 1.29. The van der Waals surface area contributed by atoms with Crippen LogP contribution in [0.1, 0.15) is 11.4 Å². The highest BCUT2D eigenvalue weighted by molar-refractivity contribution is 6.30. The number of benzene rings is 1. The molecule has 1 heterocycles. The summed E-state index contributed by atoms with van der Waals surface area (Å²) in [6, 6.07) is 9.20. The molecule has 1 aromatic carbocycles. The molecule has 0 saturated heterocycles. The van der Waals surface area contributed by atoms with E-state index in [9.17, 15) is 0 Å². The van der Waals surface area contributed by atoms with Crippen molar-refractivity contribution in [2.75, 3.05) is 0 Å². The second-order valence-corrected chi connectivity index (χ2v) is 3.46. The van der Waals surface area contributed by atoms with Crippen LogP contribution in [0.25, 0.3) is 5.69 Å². The number of nitrogens with zero attached hydrogens (tertiary/aromatic N) is 4. The Morgan fingerprint density at radius 1 is 1.47 bits per heavy atom. The maximum atomic E-state index is 8.74. The molecular formula is C10H7ClN4. The summed E-state index contributed by atoms with van der Waals surface area (Å²) in [6.45, 7) is 1.79. The lowest BCUT2D eigenvalue weighted by atomic mass is 10.3. The fraction of sp³-hybridized carbons (Fsp3) is 0.100. The van der Waals surface area contributed by atoms with Crippen molar-refractivity contribution in [3.8, 4) is 11.8 Å². The zero-order valence-corrected chi connectivity index (χ0v) is 8.73. The van der Waals surface area contributed by atoms with Gasteiger partial charge in [0, 0.05) is 5.02 Å². The first-order valence-electron chi connectivity index (χ1n) is 4.30. The summed E-state index contributed by atoms with van der Waals surface area (Å²) < 4.78 is 1.59. The van der Waals surface area contributed by atoms with Crippen LogP contribution < -0.4 is 0 Å².